The number of phenolic OH excluding ortho intramolecular Hbond substituents is 1. The molecular formula is C28H32N2O7. The Hall–Kier alpha value is -3.62. The van der Waals surface area contributed by atoms with Gasteiger partial charge in [0.15, 0.2) is 11.5 Å². The van der Waals surface area contributed by atoms with Crippen LogP contribution in [-0.4, -0.2) is 34.9 Å². The average Bonchev–Trinajstić information content (AvgIpc) is 3.19. The number of phenols is 1. The van der Waals surface area contributed by atoms with Crippen molar-refractivity contribution in [3.63, 3.8) is 0 Å². The lowest BCUT2D eigenvalue weighted by molar-refractivity contribution is -0.384. The Morgan fingerprint density at radius 3 is 2.65 bits per heavy atom. The molecule has 5 atom stereocenters. The van der Waals surface area contributed by atoms with Crippen molar-refractivity contribution in [2.75, 3.05) is 7.11 Å². The number of rotatable bonds is 6. The second-order valence-corrected chi connectivity index (χ2v) is 10.6. The fourth-order valence-electron chi connectivity index (χ4n) is 6.93. The second kappa shape index (κ2) is 9.68. The van der Waals surface area contributed by atoms with Crippen molar-refractivity contribution in [2.24, 2.45) is 22.4 Å². The molecule has 1 N–H and O–H groups in total. The third-order valence-electron chi connectivity index (χ3n) is 8.70. The summed E-state index contributed by atoms with van der Waals surface area (Å²) in [6.07, 6.45) is 4.37. The van der Waals surface area contributed by atoms with Crippen LogP contribution in [0, 0.1) is 27.4 Å². The zero-order chi connectivity index (χ0) is 26.3. The molecule has 0 saturated heterocycles. The number of fused-ring (bicyclic) bond motifs is 5. The van der Waals surface area contributed by atoms with E-state index < -0.39 is 4.92 Å². The van der Waals surface area contributed by atoms with Crippen LogP contribution >= 0.6 is 0 Å². The number of oxime groups is 1. The molecule has 196 valence electrons. The lowest BCUT2D eigenvalue weighted by Crippen LogP contribution is -2.46. The molecule has 3 aliphatic rings. The number of ether oxygens (including phenoxy) is 2. The van der Waals surface area contributed by atoms with E-state index in [4.69, 9.17) is 14.3 Å². The molecule has 37 heavy (non-hydrogen) atoms. The molecule has 0 bridgehead atoms. The molecule has 0 unspecified atom stereocenters. The number of nitro benzene ring substituents is 1. The topological polar surface area (TPSA) is 120 Å². The molecule has 0 heterocycles. The maximum Gasteiger partial charge on any atom is 0.302 e. The van der Waals surface area contributed by atoms with Crippen LogP contribution in [0.1, 0.15) is 68.6 Å². The number of benzene rings is 2. The zero-order valence-corrected chi connectivity index (χ0v) is 21.3. The first-order valence-corrected chi connectivity index (χ1v) is 12.7. The number of esters is 1. The Bertz CT molecular complexity index is 1240. The summed E-state index contributed by atoms with van der Waals surface area (Å²) in [6.45, 7) is 3.90. The minimum absolute atomic E-state index is 0.0238. The van der Waals surface area contributed by atoms with Gasteiger partial charge >= 0.3 is 5.97 Å². The zero-order valence-electron chi connectivity index (χ0n) is 21.3. The van der Waals surface area contributed by atoms with Crippen LogP contribution < -0.4 is 4.74 Å². The first-order chi connectivity index (χ1) is 17.7. The van der Waals surface area contributed by atoms with Crippen LogP contribution in [0.5, 0.6) is 11.5 Å². The molecule has 2 saturated carbocycles. The summed E-state index contributed by atoms with van der Waals surface area (Å²) in [5.41, 5.74) is 3.43. The number of carbonyl (C=O) groups excluding carboxylic acids is 1. The van der Waals surface area contributed by atoms with Gasteiger partial charge in [-0.2, -0.15) is 0 Å². The molecule has 0 amide bonds. The third-order valence-corrected chi connectivity index (χ3v) is 8.70. The van der Waals surface area contributed by atoms with E-state index in [0.717, 1.165) is 48.1 Å². The predicted molar refractivity (Wildman–Crippen MR) is 136 cm³/mol. The summed E-state index contributed by atoms with van der Waals surface area (Å²) in [5, 5.41) is 26.0. The van der Waals surface area contributed by atoms with E-state index in [9.17, 15) is 20.0 Å². The highest BCUT2D eigenvalue weighted by Gasteiger charge is 2.57. The summed E-state index contributed by atoms with van der Waals surface area (Å²) in [7, 11) is 1.54. The quantitative estimate of drug-likeness (QED) is 0.312. The van der Waals surface area contributed by atoms with E-state index in [-0.39, 0.29) is 41.4 Å². The van der Waals surface area contributed by atoms with Crippen LogP contribution in [0.15, 0.2) is 41.6 Å². The fourth-order valence-corrected chi connectivity index (χ4v) is 6.93. The first-order valence-electron chi connectivity index (χ1n) is 12.7. The minimum atomic E-state index is -0.437. The Morgan fingerprint density at radius 2 is 1.97 bits per heavy atom. The number of hydrogen-bond acceptors (Lipinski definition) is 8. The summed E-state index contributed by atoms with van der Waals surface area (Å²) >= 11 is 0. The Morgan fingerprint density at radius 1 is 1.22 bits per heavy atom. The van der Waals surface area contributed by atoms with Gasteiger partial charge in [-0.1, -0.05) is 12.1 Å². The van der Waals surface area contributed by atoms with Crippen LogP contribution in [0.2, 0.25) is 0 Å². The van der Waals surface area contributed by atoms with E-state index in [1.165, 1.54) is 19.1 Å². The molecular weight excluding hydrogens is 476 g/mol. The Labute approximate surface area is 215 Å². The SMILES string of the molecule is COc1cc2c(cc1O)/C(=N/OCc1ccc([N+](=O)[O-])cc1)C[C@@H]1[C@@H]2CC[C@]2(C)[C@@H](OC(C)=O)CC[C@@H]12. The number of methoxy groups -OCH3 is 1. The molecule has 2 fully saturated rings. The number of non-ortho nitro benzene ring substituents is 1. The summed E-state index contributed by atoms with van der Waals surface area (Å²) in [5.74, 6) is 1.20. The first kappa shape index (κ1) is 25.0. The lowest BCUT2D eigenvalue weighted by Gasteiger charge is -2.50. The molecule has 0 aromatic heterocycles. The number of hydrogen-bond donors (Lipinski definition) is 1. The number of nitrogens with zero attached hydrogens (tertiary/aromatic N) is 2. The highest BCUT2D eigenvalue weighted by Crippen LogP contribution is 2.62. The van der Waals surface area contributed by atoms with Crippen molar-refractivity contribution in [1.29, 1.82) is 0 Å². The smallest absolute Gasteiger partial charge is 0.302 e. The molecule has 2 aromatic rings. The Kier molecular flexibility index (Phi) is 6.56. The van der Waals surface area contributed by atoms with E-state index in [1.54, 1.807) is 25.3 Å². The molecule has 2 aromatic carbocycles. The van der Waals surface area contributed by atoms with Gasteiger partial charge in [-0.15, -0.1) is 0 Å². The van der Waals surface area contributed by atoms with E-state index in [0.29, 0.717) is 24.0 Å². The normalized spacial score (nSPS) is 29.1. The number of nitro groups is 1. The maximum atomic E-state index is 11.8. The van der Waals surface area contributed by atoms with Gasteiger partial charge in [0.2, 0.25) is 0 Å². The van der Waals surface area contributed by atoms with Crippen LogP contribution in [-0.2, 0) is 21.0 Å². The molecule has 9 heteroatoms. The van der Waals surface area contributed by atoms with Gasteiger partial charge in [0.05, 0.1) is 17.7 Å². The van der Waals surface area contributed by atoms with E-state index in [1.807, 2.05) is 6.07 Å². The molecule has 0 radical (unpaired) electrons. The molecule has 5 rings (SSSR count). The van der Waals surface area contributed by atoms with E-state index >= 15 is 0 Å². The lowest BCUT2D eigenvalue weighted by atomic mass is 9.55. The number of carbonyl (C=O) groups is 1. The van der Waals surface area contributed by atoms with Gasteiger partial charge in [-0.05, 0) is 85.3 Å². The highest BCUT2D eigenvalue weighted by atomic mass is 16.6. The van der Waals surface area contributed by atoms with Crippen molar-refractivity contribution < 1.29 is 29.1 Å². The second-order valence-electron chi connectivity index (χ2n) is 10.6. The van der Waals surface area contributed by atoms with Crippen molar-refractivity contribution in [2.45, 2.75) is 64.6 Å². The van der Waals surface area contributed by atoms with Gasteiger partial charge in [-0.25, -0.2) is 0 Å². The summed E-state index contributed by atoms with van der Waals surface area (Å²) < 4.78 is 11.2. The molecule has 3 aliphatic carbocycles. The maximum absolute atomic E-state index is 11.8. The average molecular weight is 509 g/mol. The minimum Gasteiger partial charge on any atom is -0.504 e. The highest BCUT2D eigenvalue weighted by molar-refractivity contribution is 6.03. The van der Waals surface area contributed by atoms with Gasteiger partial charge in [0.25, 0.3) is 5.69 Å². The van der Waals surface area contributed by atoms with Gasteiger partial charge in [-0.3, -0.25) is 14.9 Å². The van der Waals surface area contributed by atoms with Gasteiger partial charge in [0, 0.05) is 30.0 Å². The monoisotopic (exact) mass is 508 g/mol. The van der Waals surface area contributed by atoms with Crippen molar-refractivity contribution >= 4 is 17.4 Å². The van der Waals surface area contributed by atoms with Gasteiger partial charge < -0.3 is 19.4 Å². The van der Waals surface area contributed by atoms with Crippen LogP contribution in [0.25, 0.3) is 0 Å². The third kappa shape index (κ3) is 4.51. The predicted octanol–water partition coefficient (Wildman–Crippen LogP) is 5.48. The van der Waals surface area contributed by atoms with Crippen molar-refractivity contribution in [1.82, 2.24) is 0 Å². The fraction of sp³-hybridized carbons (Fsp3) is 0.500. The molecule has 0 aliphatic heterocycles. The van der Waals surface area contributed by atoms with Crippen molar-refractivity contribution in [3.8, 4) is 11.5 Å². The summed E-state index contributed by atoms with van der Waals surface area (Å²) in [6, 6.07) is 9.83. The van der Waals surface area contributed by atoms with E-state index in [2.05, 4.69) is 12.1 Å². The Balaban J connectivity index is 1.45. The van der Waals surface area contributed by atoms with Crippen LogP contribution in [0.4, 0.5) is 5.69 Å². The van der Waals surface area contributed by atoms with Crippen LogP contribution in [0.3, 0.4) is 0 Å². The molecule has 9 nitrogen and oxygen atoms in total. The van der Waals surface area contributed by atoms with Crippen molar-refractivity contribution in [3.05, 3.63) is 63.2 Å². The van der Waals surface area contributed by atoms with Gasteiger partial charge in [0.1, 0.15) is 12.7 Å². The summed E-state index contributed by atoms with van der Waals surface area (Å²) in [4.78, 5) is 28.0. The largest absolute Gasteiger partial charge is 0.504 e. The number of aromatic hydroxyl groups is 1. The molecule has 0 spiro atoms. The standard InChI is InChI=1S/C28H32N2O7/c1-16(31)37-27-9-8-23-21-12-24(29-36-15-17-4-6-18(7-5-17)30(33)34)22-13-25(32)26(35-3)14-20(22)19(21)10-11-28(23,27)2/h4-7,13-14,19,21,23,27,32H,8-12,15H2,1-3H3/b29-24+/t19-,21-,23+,27+,28+/m1/s1.